The van der Waals surface area contributed by atoms with Gasteiger partial charge in [0.2, 0.25) is 0 Å². The third-order valence-electron chi connectivity index (χ3n) is 2.96. The van der Waals surface area contributed by atoms with E-state index in [1.165, 1.54) is 0 Å². The first-order valence-electron chi connectivity index (χ1n) is 5.92. The monoisotopic (exact) mass is 265 g/mol. The summed E-state index contributed by atoms with van der Waals surface area (Å²) in [5, 5.41) is 2.72. The van der Waals surface area contributed by atoms with E-state index in [0.717, 1.165) is 22.8 Å². The molecule has 2 aromatic carbocycles. The Labute approximate surface area is 110 Å². The highest BCUT2D eigenvalue weighted by Gasteiger charge is 2.11. The maximum Gasteiger partial charge on any atom is 0.182 e. The molecule has 0 aromatic heterocycles. The molecule has 0 aliphatic heterocycles. The van der Waals surface area contributed by atoms with Crippen molar-refractivity contribution in [2.75, 3.05) is 5.32 Å². The maximum absolute atomic E-state index is 13.4. The fourth-order valence-corrected chi connectivity index (χ4v) is 1.92. The van der Waals surface area contributed by atoms with Crippen LogP contribution in [0.25, 0.3) is 0 Å². The van der Waals surface area contributed by atoms with E-state index >= 15 is 0 Å². The van der Waals surface area contributed by atoms with E-state index in [4.69, 9.17) is 0 Å². The summed E-state index contributed by atoms with van der Waals surface area (Å²) in [5.74, 6) is -3.06. The molecule has 0 bridgehead atoms. The summed E-state index contributed by atoms with van der Waals surface area (Å²) in [6.45, 7) is 4.23. The molecule has 1 N–H and O–H groups in total. The highest BCUT2D eigenvalue weighted by atomic mass is 19.2. The molecule has 0 saturated heterocycles. The van der Waals surface area contributed by atoms with E-state index in [0.29, 0.717) is 12.6 Å². The Kier molecular flexibility index (Phi) is 3.79. The van der Waals surface area contributed by atoms with Crippen molar-refractivity contribution in [1.29, 1.82) is 0 Å². The van der Waals surface area contributed by atoms with Crippen LogP contribution in [0, 0.1) is 31.3 Å². The molecule has 2 rings (SSSR count). The highest BCUT2D eigenvalue weighted by Crippen LogP contribution is 2.20. The summed E-state index contributed by atoms with van der Waals surface area (Å²) in [4.78, 5) is 0. The van der Waals surface area contributed by atoms with Gasteiger partial charge in [-0.25, -0.2) is 13.2 Å². The Balaban J connectivity index is 2.19. The Morgan fingerprint density at radius 1 is 1.00 bits per heavy atom. The Morgan fingerprint density at radius 2 is 1.74 bits per heavy atom. The summed E-state index contributed by atoms with van der Waals surface area (Å²) in [5.41, 5.74) is 2.96. The maximum atomic E-state index is 13.4. The number of rotatable bonds is 3. The molecule has 19 heavy (non-hydrogen) atoms. The summed E-state index contributed by atoms with van der Waals surface area (Å²) in [6, 6.07) is 7.32. The molecule has 0 aliphatic carbocycles. The zero-order valence-electron chi connectivity index (χ0n) is 10.7. The Morgan fingerprint density at radius 3 is 2.42 bits per heavy atom. The SMILES string of the molecule is Cc1ccc(CNc2cc(F)cc(F)c2F)c(C)c1. The molecule has 100 valence electrons. The fraction of sp³-hybridized carbons (Fsp3) is 0.200. The Hall–Kier alpha value is -1.97. The standard InChI is InChI=1S/C15H14F3N/c1-9-3-4-11(10(2)5-9)8-19-14-7-12(16)6-13(17)15(14)18/h3-7,19H,8H2,1-2H3. The van der Waals surface area contributed by atoms with E-state index in [-0.39, 0.29) is 5.69 Å². The summed E-state index contributed by atoms with van der Waals surface area (Å²) in [6.07, 6.45) is 0. The van der Waals surface area contributed by atoms with Crippen LogP contribution in [0.1, 0.15) is 16.7 Å². The molecule has 0 unspecified atom stereocenters. The van der Waals surface area contributed by atoms with Crippen LogP contribution in [0.4, 0.5) is 18.9 Å². The van der Waals surface area contributed by atoms with E-state index in [2.05, 4.69) is 5.32 Å². The van der Waals surface area contributed by atoms with Crippen molar-refractivity contribution in [3.05, 3.63) is 64.5 Å². The van der Waals surface area contributed by atoms with Gasteiger partial charge in [-0.1, -0.05) is 23.8 Å². The summed E-state index contributed by atoms with van der Waals surface area (Å²) in [7, 11) is 0. The van der Waals surface area contributed by atoms with Crippen molar-refractivity contribution in [2.45, 2.75) is 20.4 Å². The number of benzene rings is 2. The van der Waals surface area contributed by atoms with Crippen molar-refractivity contribution in [3.63, 3.8) is 0 Å². The second kappa shape index (κ2) is 5.34. The smallest absolute Gasteiger partial charge is 0.182 e. The van der Waals surface area contributed by atoms with Gasteiger partial charge in [0.1, 0.15) is 5.82 Å². The van der Waals surface area contributed by atoms with Gasteiger partial charge in [0.05, 0.1) is 5.69 Å². The zero-order valence-corrected chi connectivity index (χ0v) is 10.7. The first-order chi connectivity index (χ1) is 8.97. The van der Waals surface area contributed by atoms with Crippen molar-refractivity contribution >= 4 is 5.69 Å². The lowest BCUT2D eigenvalue weighted by molar-refractivity contribution is 0.497. The Bertz CT molecular complexity index is 609. The molecule has 0 spiro atoms. The molecule has 4 heteroatoms. The van der Waals surface area contributed by atoms with E-state index < -0.39 is 17.5 Å². The lowest BCUT2D eigenvalue weighted by Gasteiger charge is -2.11. The largest absolute Gasteiger partial charge is 0.378 e. The van der Waals surface area contributed by atoms with Crippen LogP contribution in [0.5, 0.6) is 0 Å². The predicted molar refractivity (Wildman–Crippen MR) is 69.6 cm³/mol. The van der Waals surface area contributed by atoms with E-state index in [9.17, 15) is 13.2 Å². The van der Waals surface area contributed by atoms with Gasteiger partial charge in [-0.05, 0) is 25.0 Å². The highest BCUT2D eigenvalue weighted by molar-refractivity contribution is 5.46. The topological polar surface area (TPSA) is 12.0 Å². The molecule has 0 radical (unpaired) electrons. The molecule has 0 aliphatic rings. The predicted octanol–water partition coefficient (Wildman–Crippen LogP) is 4.33. The second-order valence-corrected chi connectivity index (χ2v) is 4.53. The first kappa shape index (κ1) is 13.5. The molecule has 0 saturated carbocycles. The van der Waals surface area contributed by atoms with Crippen molar-refractivity contribution < 1.29 is 13.2 Å². The number of nitrogens with one attached hydrogen (secondary N) is 1. The van der Waals surface area contributed by atoms with E-state index in [1.807, 2.05) is 32.0 Å². The number of hydrogen-bond acceptors (Lipinski definition) is 1. The number of anilines is 1. The van der Waals surface area contributed by atoms with Crippen LogP contribution < -0.4 is 5.32 Å². The van der Waals surface area contributed by atoms with Gasteiger partial charge in [-0.15, -0.1) is 0 Å². The quantitative estimate of drug-likeness (QED) is 0.814. The van der Waals surface area contributed by atoms with Crippen molar-refractivity contribution in [1.82, 2.24) is 0 Å². The third kappa shape index (κ3) is 3.08. The summed E-state index contributed by atoms with van der Waals surface area (Å²) >= 11 is 0. The molecular formula is C15H14F3N. The minimum absolute atomic E-state index is 0.169. The van der Waals surface area contributed by atoms with Gasteiger partial charge < -0.3 is 5.32 Å². The minimum Gasteiger partial charge on any atom is -0.378 e. The van der Waals surface area contributed by atoms with Crippen LogP contribution in [0.15, 0.2) is 30.3 Å². The average molecular weight is 265 g/mol. The van der Waals surface area contributed by atoms with Crippen molar-refractivity contribution in [3.8, 4) is 0 Å². The fourth-order valence-electron chi connectivity index (χ4n) is 1.92. The van der Waals surface area contributed by atoms with Gasteiger partial charge >= 0.3 is 0 Å². The molecule has 0 heterocycles. The van der Waals surface area contributed by atoms with Crippen LogP contribution in [-0.4, -0.2) is 0 Å². The molecule has 1 nitrogen and oxygen atoms in total. The minimum atomic E-state index is -1.19. The molecule has 0 fully saturated rings. The normalized spacial score (nSPS) is 10.6. The molecule has 0 amide bonds. The van der Waals surface area contributed by atoms with E-state index in [1.54, 1.807) is 0 Å². The lowest BCUT2D eigenvalue weighted by Crippen LogP contribution is -2.05. The van der Waals surface area contributed by atoms with Gasteiger partial charge in [-0.3, -0.25) is 0 Å². The number of halogens is 3. The van der Waals surface area contributed by atoms with Crippen LogP contribution in [0.2, 0.25) is 0 Å². The molecule has 0 atom stereocenters. The number of hydrogen-bond donors (Lipinski definition) is 1. The zero-order chi connectivity index (χ0) is 14.0. The van der Waals surface area contributed by atoms with Gasteiger partial charge in [-0.2, -0.15) is 0 Å². The number of aryl methyl sites for hydroxylation is 2. The van der Waals surface area contributed by atoms with Crippen LogP contribution >= 0.6 is 0 Å². The van der Waals surface area contributed by atoms with Gasteiger partial charge in [0, 0.05) is 18.7 Å². The van der Waals surface area contributed by atoms with Gasteiger partial charge in [0.25, 0.3) is 0 Å². The van der Waals surface area contributed by atoms with Crippen LogP contribution in [-0.2, 0) is 6.54 Å². The van der Waals surface area contributed by atoms with Crippen molar-refractivity contribution in [2.24, 2.45) is 0 Å². The van der Waals surface area contributed by atoms with Gasteiger partial charge in [0.15, 0.2) is 11.6 Å². The lowest BCUT2D eigenvalue weighted by atomic mass is 10.1. The molecule has 2 aromatic rings. The summed E-state index contributed by atoms with van der Waals surface area (Å²) < 4.78 is 39.5. The second-order valence-electron chi connectivity index (χ2n) is 4.53. The molecular weight excluding hydrogens is 251 g/mol. The third-order valence-corrected chi connectivity index (χ3v) is 2.96. The first-order valence-corrected chi connectivity index (χ1v) is 5.92. The van der Waals surface area contributed by atoms with Crippen LogP contribution in [0.3, 0.4) is 0 Å². The average Bonchev–Trinajstić information content (AvgIpc) is 2.33.